The number of hydrogen-bond donors (Lipinski definition) is 0. The number of aromatic nitrogens is 2. The molecule has 4 heteroatoms. The second kappa shape index (κ2) is 4.92. The van der Waals surface area contributed by atoms with Gasteiger partial charge in [0.05, 0.1) is 31.0 Å². The first-order chi connectivity index (χ1) is 8.63. The Kier molecular flexibility index (Phi) is 3.33. The second-order valence-corrected chi connectivity index (χ2v) is 4.22. The molecule has 0 saturated heterocycles. The van der Waals surface area contributed by atoms with Crippen LogP contribution in [0.25, 0.3) is 0 Å². The first kappa shape index (κ1) is 12.2. The second-order valence-electron chi connectivity index (χ2n) is 4.22. The third kappa shape index (κ3) is 2.35. The molecule has 4 nitrogen and oxygen atoms in total. The van der Waals surface area contributed by atoms with Crippen molar-refractivity contribution in [3.8, 4) is 11.8 Å². The number of nitrogens with zero attached hydrogens (tertiary/aromatic N) is 3. The van der Waals surface area contributed by atoms with E-state index in [1.165, 1.54) is 0 Å². The first-order valence-electron chi connectivity index (χ1n) is 5.72. The topological polar surface area (TPSA) is 50.8 Å². The van der Waals surface area contributed by atoms with Crippen molar-refractivity contribution >= 4 is 0 Å². The standard InChI is InChI=1S/C14H15N3O/c1-10-6-11(2)17(16-10)9-13-7-12(8-15)4-5-14(13)18-3/h4-7H,9H2,1-3H3. The van der Waals surface area contributed by atoms with Crippen molar-refractivity contribution < 1.29 is 4.74 Å². The summed E-state index contributed by atoms with van der Waals surface area (Å²) in [5, 5.41) is 13.4. The zero-order valence-electron chi connectivity index (χ0n) is 10.8. The van der Waals surface area contributed by atoms with Crippen molar-refractivity contribution in [2.24, 2.45) is 0 Å². The Hall–Kier alpha value is -2.28. The third-order valence-electron chi connectivity index (χ3n) is 2.83. The molecule has 92 valence electrons. The summed E-state index contributed by atoms with van der Waals surface area (Å²) < 4.78 is 7.22. The highest BCUT2D eigenvalue weighted by Crippen LogP contribution is 2.21. The molecule has 1 heterocycles. The van der Waals surface area contributed by atoms with Crippen LogP contribution < -0.4 is 4.74 Å². The van der Waals surface area contributed by atoms with Gasteiger partial charge in [-0.25, -0.2) is 0 Å². The molecule has 2 aromatic rings. The minimum Gasteiger partial charge on any atom is -0.496 e. The Morgan fingerprint density at radius 3 is 2.67 bits per heavy atom. The fraction of sp³-hybridized carbons (Fsp3) is 0.286. The lowest BCUT2D eigenvalue weighted by Crippen LogP contribution is -2.05. The van der Waals surface area contributed by atoms with Gasteiger partial charge in [-0.05, 0) is 38.1 Å². The molecule has 0 amide bonds. The van der Waals surface area contributed by atoms with Crippen LogP contribution in [0.2, 0.25) is 0 Å². The van der Waals surface area contributed by atoms with Gasteiger partial charge in [0.2, 0.25) is 0 Å². The number of rotatable bonds is 3. The number of hydrogen-bond acceptors (Lipinski definition) is 3. The van der Waals surface area contributed by atoms with Crippen molar-refractivity contribution in [2.45, 2.75) is 20.4 Å². The Labute approximate surface area is 106 Å². The number of aryl methyl sites for hydroxylation is 2. The molecular weight excluding hydrogens is 226 g/mol. The molecule has 18 heavy (non-hydrogen) atoms. The fourth-order valence-electron chi connectivity index (χ4n) is 1.97. The van der Waals surface area contributed by atoms with Gasteiger partial charge >= 0.3 is 0 Å². The summed E-state index contributed by atoms with van der Waals surface area (Å²) in [7, 11) is 1.63. The van der Waals surface area contributed by atoms with Crippen LogP contribution in [0.3, 0.4) is 0 Å². The molecule has 0 unspecified atom stereocenters. The number of ether oxygens (including phenoxy) is 1. The Balaban J connectivity index is 2.38. The van der Waals surface area contributed by atoms with Gasteiger partial charge in [-0.1, -0.05) is 0 Å². The highest BCUT2D eigenvalue weighted by Gasteiger charge is 2.08. The zero-order valence-corrected chi connectivity index (χ0v) is 10.8. The van der Waals surface area contributed by atoms with Gasteiger partial charge in [0.25, 0.3) is 0 Å². The smallest absolute Gasteiger partial charge is 0.124 e. The van der Waals surface area contributed by atoms with E-state index in [1.807, 2.05) is 36.7 Å². The molecule has 2 rings (SSSR count). The highest BCUT2D eigenvalue weighted by atomic mass is 16.5. The Morgan fingerprint density at radius 1 is 1.33 bits per heavy atom. The third-order valence-corrected chi connectivity index (χ3v) is 2.83. The average molecular weight is 241 g/mol. The molecule has 0 bridgehead atoms. The summed E-state index contributed by atoms with van der Waals surface area (Å²) in [6.07, 6.45) is 0. The van der Waals surface area contributed by atoms with E-state index in [4.69, 9.17) is 10.00 Å². The maximum absolute atomic E-state index is 8.94. The molecule has 0 spiro atoms. The quantitative estimate of drug-likeness (QED) is 0.829. The van der Waals surface area contributed by atoms with Crippen LogP contribution in [0.4, 0.5) is 0 Å². The summed E-state index contributed by atoms with van der Waals surface area (Å²) in [6.45, 7) is 4.59. The van der Waals surface area contributed by atoms with Crippen LogP contribution in [0.1, 0.15) is 22.5 Å². The van der Waals surface area contributed by atoms with E-state index in [0.717, 1.165) is 22.7 Å². The highest BCUT2D eigenvalue weighted by molar-refractivity contribution is 5.42. The van der Waals surface area contributed by atoms with E-state index in [1.54, 1.807) is 13.2 Å². The van der Waals surface area contributed by atoms with E-state index in [2.05, 4.69) is 11.2 Å². The summed E-state index contributed by atoms with van der Waals surface area (Å²) in [4.78, 5) is 0. The van der Waals surface area contributed by atoms with Gasteiger partial charge in [-0.3, -0.25) is 4.68 Å². The monoisotopic (exact) mass is 241 g/mol. The molecule has 0 radical (unpaired) electrons. The van der Waals surface area contributed by atoms with Gasteiger partial charge < -0.3 is 4.74 Å². The predicted octanol–water partition coefficient (Wildman–Crippen LogP) is 2.43. The minimum absolute atomic E-state index is 0.609. The van der Waals surface area contributed by atoms with Crippen LogP contribution in [0.15, 0.2) is 24.3 Å². The van der Waals surface area contributed by atoms with Gasteiger partial charge in [-0.2, -0.15) is 10.4 Å². The van der Waals surface area contributed by atoms with Crippen LogP contribution in [-0.4, -0.2) is 16.9 Å². The number of benzene rings is 1. The molecule has 0 atom stereocenters. The van der Waals surface area contributed by atoms with Gasteiger partial charge in [0.15, 0.2) is 0 Å². The van der Waals surface area contributed by atoms with E-state index in [-0.39, 0.29) is 0 Å². The van der Waals surface area contributed by atoms with Crippen molar-refractivity contribution in [3.05, 3.63) is 46.8 Å². The molecule has 0 saturated carbocycles. The van der Waals surface area contributed by atoms with Crippen molar-refractivity contribution in [3.63, 3.8) is 0 Å². The van der Waals surface area contributed by atoms with Crippen LogP contribution in [-0.2, 0) is 6.54 Å². The lowest BCUT2D eigenvalue weighted by molar-refractivity contribution is 0.407. The number of methoxy groups -OCH3 is 1. The number of nitriles is 1. The molecular formula is C14H15N3O. The molecule has 0 aliphatic carbocycles. The molecule has 0 aliphatic heterocycles. The Bertz CT molecular complexity index is 608. The molecule has 1 aromatic carbocycles. The van der Waals surface area contributed by atoms with E-state index >= 15 is 0 Å². The molecule has 0 fully saturated rings. The van der Waals surface area contributed by atoms with E-state index in [0.29, 0.717) is 12.1 Å². The van der Waals surface area contributed by atoms with Crippen LogP contribution in [0, 0.1) is 25.2 Å². The SMILES string of the molecule is COc1ccc(C#N)cc1Cn1nc(C)cc1C. The fourth-order valence-corrected chi connectivity index (χ4v) is 1.97. The van der Waals surface area contributed by atoms with Crippen LogP contribution >= 0.6 is 0 Å². The summed E-state index contributed by atoms with van der Waals surface area (Å²) in [5.41, 5.74) is 3.68. The lowest BCUT2D eigenvalue weighted by atomic mass is 10.1. The Morgan fingerprint density at radius 2 is 2.11 bits per heavy atom. The normalized spacial score (nSPS) is 10.1. The van der Waals surface area contributed by atoms with Crippen LogP contribution in [0.5, 0.6) is 5.75 Å². The van der Waals surface area contributed by atoms with E-state index < -0.39 is 0 Å². The van der Waals surface area contributed by atoms with Crippen molar-refractivity contribution in [2.75, 3.05) is 7.11 Å². The average Bonchev–Trinajstić information content (AvgIpc) is 2.67. The molecule has 0 N–H and O–H groups in total. The molecule has 1 aromatic heterocycles. The van der Waals surface area contributed by atoms with Gasteiger partial charge in [0, 0.05) is 11.3 Å². The van der Waals surface area contributed by atoms with Crippen molar-refractivity contribution in [1.29, 1.82) is 5.26 Å². The summed E-state index contributed by atoms with van der Waals surface area (Å²) in [5.74, 6) is 0.779. The van der Waals surface area contributed by atoms with Crippen molar-refractivity contribution in [1.82, 2.24) is 9.78 Å². The van der Waals surface area contributed by atoms with Gasteiger partial charge in [0.1, 0.15) is 5.75 Å². The predicted molar refractivity (Wildman–Crippen MR) is 68.5 cm³/mol. The minimum atomic E-state index is 0.609. The largest absolute Gasteiger partial charge is 0.496 e. The van der Waals surface area contributed by atoms with E-state index in [9.17, 15) is 0 Å². The lowest BCUT2D eigenvalue weighted by Gasteiger charge is -2.10. The van der Waals surface area contributed by atoms with Gasteiger partial charge in [-0.15, -0.1) is 0 Å². The zero-order chi connectivity index (χ0) is 13.1. The first-order valence-corrected chi connectivity index (χ1v) is 5.72. The maximum atomic E-state index is 8.94. The summed E-state index contributed by atoms with van der Waals surface area (Å²) in [6, 6.07) is 9.58. The summed E-state index contributed by atoms with van der Waals surface area (Å²) >= 11 is 0. The maximum Gasteiger partial charge on any atom is 0.124 e. The molecule has 0 aliphatic rings.